The fourth-order valence-electron chi connectivity index (χ4n) is 4.76. The zero-order chi connectivity index (χ0) is 39.4. The number of allylic oxidation sites excluding steroid dienone is 11. The summed E-state index contributed by atoms with van der Waals surface area (Å²) >= 11 is 0. The first-order valence-corrected chi connectivity index (χ1v) is 20.8. The number of ether oxygens (including phenoxy) is 2. The molecule has 0 bridgehead atoms. The van der Waals surface area contributed by atoms with Crippen molar-refractivity contribution in [3.05, 3.63) is 85.1 Å². The van der Waals surface area contributed by atoms with Gasteiger partial charge < -0.3 is 34.6 Å². The largest absolute Gasteiger partial charge is 0.469 e. The molecule has 0 heterocycles. The molecule has 0 aliphatic carbocycles. The van der Waals surface area contributed by atoms with Crippen LogP contribution in [0.1, 0.15) is 123 Å². The van der Waals surface area contributed by atoms with E-state index >= 15 is 0 Å². The number of esters is 2. The number of aliphatic hydroxyl groups is 3. The summed E-state index contributed by atoms with van der Waals surface area (Å²) < 4.78 is 26.1. The number of hydrogen-bond acceptors (Lipinski definition) is 9. The van der Waals surface area contributed by atoms with E-state index in [1.54, 1.807) is 42.5 Å². The third kappa shape index (κ3) is 35.9. The summed E-state index contributed by atoms with van der Waals surface area (Å²) in [7, 11) is -4.86. The highest BCUT2D eigenvalue weighted by atomic mass is 31.2. The van der Waals surface area contributed by atoms with E-state index in [-0.39, 0.29) is 25.7 Å². The van der Waals surface area contributed by atoms with E-state index in [0.717, 1.165) is 44.9 Å². The van der Waals surface area contributed by atoms with Crippen molar-refractivity contribution in [2.75, 3.05) is 13.2 Å². The van der Waals surface area contributed by atoms with E-state index in [1.165, 1.54) is 31.8 Å². The smallest absolute Gasteiger partial charge is 0.462 e. The van der Waals surface area contributed by atoms with Gasteiger partial charge in [0.15, 0.2) is 6.10 Å². The van der Waals surface area contributed by atoms with E-state index in [0.29, 0.717) is 12.8 Å². The minimum atomic E-state index is -4.86. The van der Waals surface area contributed by atoms with Crippen LogP contribution >= 0.6 is 7.82 Å². The number of phosphoric acid groups is 1. The average molecular weight is 767 g/mol. The Bertz CT molecular complexity index is 1180. The van der Waals surface area contributed by atoms with Crippen LogP contribution in [-0.4, -0.2) is 74.7 Å². The van der Waals surface area contributed by atoms with Crippen molar-refractivity contribution < 1.29 is 53.3 Å². The van der Waals surface area contributed by atoms with Gasteiger partial charge in [-0.05, 0) is 57.8 Å². The van der Waals surface area contributed by atoms with E-state index < -0.39 is 57.4 Å². The Morgan fingerprint density at radius 1 is 0.642 bits per heavy atom. The molecule has 12 heteroatoms. The first kappa shape index (κ1) is 50.1. The predicted molar refractivity (Wildman–Crippen MR) is 211 cm³/mol. The predicted octanol–water partition coefficient (Wildman–Crippen LogP) is 8.20. The lowest BCUT2D eigenvalue weighted by Crippen LogP contribution is -2.29. The standard InChI is InChI=1S/C41H67O11P/c1-3-5-7-8-9-10-11-12-13-14-15-16-17-22-26-32-40(45)50-34-37(35-51-53(47,48)49)52-41(46)33-27-31-39(44)38(43)30-25-21-19-18-20-24-29-36(42)28-23-6-4-2/h6,10-13,18-21,23-25,29-30,36-39,42-44H,3-5,7-9,14-17,22,26-28,31-35H2,1-2H3,(H2,47,48,49)/b11-10-,13-12-,20-18+,21-19-,23-6-,29-24+,30-25-/t36-,37+,38+,39+/m0/s1. The minimum Gasteiger partial charge on any atom is -0.462 e. The van der Waals surface area contributed by atoms with Gasteiger partial charge in [0.1, 0.15) is 6.61 Å². The minimum absolute atomic E-state index is 0.0801. The Labute approximate surface area is 318 Å². The van der Waals surface area contributed by atoms with E-state index in [9.17, 15) is 29.5 Å². The molecule has 11 nitrogen and oxygen atoms in total. The summed E-state index contributed by atoms with van der Waals surface area (Å²) in [5.41, 5.74) is 0. The highest BCUT2D eigenvalue weighted by Crippen LogP contribution is 2.36. The van der Waals surface area contributed by atoms with Crippen LogP contribution in [0.25, 0.3) is 0 Å². The zero-order valence-electron chi connectivity index (χ0n) is 32.0. The summed E-state index contributed by atoms with van der Waals surface area (Å²) in [6.07, 6.45) is 35.3. The summed E-state index contributed by atoms with van der Waals surface area (Å²) in [4.78, 5) is 42.8. The summed E-state index contributed by atoms with van der Waals surface area (Å²) in [5.74, 6) is -1.25. The van der Waals surface area contributed by atoms with Gasteiger partial charge in [-0.1, -0.05) is 137 Å². The molecule has 0 aromatic rings. The Balaban J connectivity index is 4.38. The Morgan fingerprint density at radius 2 is 1.23 bits per heavy atom. The van der Waals surface area contributed by atoms with Crippen LogP contribution in [-0.2, 0) is 28.2 Å². The molecule has 0 radical (unpaired) electrons. The van der Waals surface area contributed by atoms with Crippen LogP contribution < -0.4 is 0 Å². The molecule has 53 heavy (non-hydrogen) atoms. The fraction of sp³-hybridized carbons (Fsp3) is 0.610. The molecule has 5 N–H and O–H groups in total. The highest BCUT2D eigenvalue weighted by Gasteiger charge is 2.23. The number of unbranched alkanes of at least 4 members (excludes halogenated alkanes) is 9. The lowest BCUT2D eigenvalue weighted by atomic mass is 10.1. The van der Waals surface area contributed by atoms with Crippen LogP contribution in [0, 0.1) is 0 Å². The molecule has 0 saturated carbocycles. The number of carbonyl (C=O) groups is 2. The van der Waals surface area contributed by atoms with E-state index in [4.69, 9.17) is 19.3 Å². The van der Waals surface area contributed by atoms with E-state index in [2.05, 4.69) is 35.8 Å². The van der Waals surface area contributed by atoms with Crippen molar-refractivity contribution in [3.63, 3.8) is 0 Å². The average Bonchev–Trinajstić information content (AvgIpc) is 3.11. The SMILES string of the molecule is CC/C=C\C[C@H](O)/C=C/C=C/C=C\C=C/[C@@H](O)[C@H](O)CCCC(=O)O[C@H](COC(=O)CCCCCCC/C=C\C=C/CCCCCC)COP(=O)(O)O. The van der Waals surface area contributed by atoms with Gasteiger partial charge in [0.05, 0.1) is 24.9 Å². The molecule has 0 spiro atoms. The molecule has 0 aromatic heterocycles. The molecule has 0 aliphatic heterocycles. The zero-order valence-corrected chi connectivity index (χ0v) is 32.9. The maximum Gasteiger partial charge on any atom is 0.469 e. The van der Waals surface area contributed by atoms with Gasteiger partial charge in [0.25, 0.3) is 0 Å². The van der Waals surface area contributed by atoms with Crippen molar-refractivity contribution in [3.8, 4) is 0 Å². The third-order valence-electron chi connectivity index (χ3n) is 7.77. The van der Waals surface area contributed by atoms with Crippen molar-refractivity contribution in [1.29, 1.82) is 0 Å². The topological polar surface area (TPSA) is 180 Å². The van der Waals surface area contributed by atoms with Crippen LogP contribution in [0.2, 0.25) is 0 Å². The van der Waals surface area contributed by atoms with Gasteiger partial charge in [-0.2, -0.15) is 0 Å². The van der Waals surface area contributed by atoms with E-state index in [1.807, 2.05) is 19.1 Å². The van der Waals surface area contributed by atoms with Crippen LogP contribution in [0.3, 0.4) is 0 Å². The molecule has 0 fully saturated rings. The third-order valence-corrected chi connectivity index (χ3v) is 8.25. The second-order valence-electron chi connectivity index (χ2n) is 12.8. The molecule has 0 rings (SSSR count). The lowest BCUT2D eigenvalue weighted by Gasteiger charge is -2.19. The molecule has 0 amide bonds. The van der Waals surface area contributed by atoms with Crippen LogP contribution in [0.5, 0.6) is 0 Å². The molecule has 0 unspecified atom stereocenters. The second-order valence-corrected chi connectivity index (χ2v) is 14.0. The number of phosphoric ester groups is 1. The van der Waals surface area contributed by atoms with Gasteiger partial charge in [-0.3, -0.25) is 14.1 Å². The van der Waals surface area contributed by atoms with Crippen molar-refractivity contribution >= 4 is 19.8 Å². The normalized spacial score (nSPS) is 15.2. The number of aliphatic hydroxyl groups excluding tert-OH is 3. The van der Waals surface area contributed by atoms with Crippen LogP contribution in [0.15, 0.2) is 85.1 Å². The monoisotopic (exact) mass is 766 g/mol. The first-order chi connectivity index (χ1) is 25.5. The van der Waals surface area contributed by atoms with Gasteiger partial charge in [-0.15, -0.1) is 0 Å². The summed E-state index contributed by atoms with van der Waals surface area (Å²) in [6.45, 7) is 3.15. The van der Waals surface area contributed by atoms with Gasteiger partial charge in [0, 0.05) is 12.8 Å². The molecule has 302 valence electrons. The fourth-order valence-corrected chi connectivity index (χ4v) is 5.12. The van der Waals surface area contributed by atoms with Crippen LogP contribution in [0.4, 0.5) is 0 Å². The maximum absolute atomic E-state index is 12.4. The van der Waals surface area contributed by atoms with Gasteiger partial charge in [0.2, 0.25) is 0 Å². The van der Waals surface area contributed by atoms with Crippen molar-refractivity contribution in [1.82, 2.24) is 0 Å². The molecular weight excluding hydrogens is 699 g/mol. The summed E-state index contributed by atoms with van der Waals surface area (Å²) in [5, 5.41) is 30.2. The Kier molecular flexibility index (Phi) is 33.0. The highest BCUT2D eigenvalue weighted by molar-refractivity contribution is 7.46. The lowest BCUT2D eigenvalue weighted by molar-refractivity contribution is -0.161. The van der Waals surface area contributed by atoms with Crippen molar-refractivity contribution in [2.24, 2.45) is 0 Å². The molecule has 0 saturated heterocycles. The van der Waals surface area contributed by atoms with Gasteiger partial charge in [-0.25, -0.2) is 4.57 Å². The Morgan fingerprint density at radius 3 is 1.87 bits per heavy atom. The molecule has 4 atom stereocenters. The number of hydrogen-bond donors (Lipinski definition) is 5. The second kappa shape index (κ2) is 34.9. The maximum atomic E-state index is 12.4. The first-order valence-electron chi connectivity index (χ1n) is 19.2. The molecule has 0 aliphatic rings. The quantitative estimate of drug-likeness (QED) is 0.0143. The number of carbonyl (C=O) groups excluding carboxylic acids is 2. The number of rotatable bonds is 33. The summed E-state index contributed by atoms with van der Waals surface area (Å²) in [6, 6.07) is 0. The van der Waals surface area contributed by atoms with Crippen molar-refractivity contribution in [2.45, 2.75) is 147 Å². The Hall–Kier alpha value is -2.89. The van der Waals surface area contributed by atoms with Gasteiger partial charge >= 0.3 is 19.8 Å². The molecule has 0 aromatic carbocycles. The molecular formula is C41H67O11P.